The van der Waals surface area contributed by atoms with Crippen molar-refractivity contribution in [1.29, 1.82) is 0 Å². The van der Waals surface area contributed by atoms with Crippen molar-refractivity contribution in [3.63, 3.8) is 0 Å². The zero-order valence-corrected chi connectivity index (χ0v) is 13.5. The topological polar surface area (TPSA) is 52.6 Å². The summed E-state index contributed by atoms with van der Waals surface area (Å²) in [5.41, 5.74) is 1.94. The van der Waals surface area contributed by atoms with Gasteiger partial charge in [-0.1, -0.05) is 41.5 Å². The summed E-state index contributed by atoms with van der Waals surface area (Å²) >= 11 is 0. The average molecular weight is 302 g/mol. The van der Waals surface area contributed by atoms with Crippen molar-refractivity contribution in [3.05, 3.63) is 47.0 Å². The third-order valence-electron chi connectivity index (χ3n) is 4.47. The number of ether oxygens (including phenoxy) is 2. The monoisotopic (exact) mass is 302 g/mol. The first kappa shape index (κ1) is 16.3. The summed E-state index contributed by atoms with van der Waals surface area (Å²) in [6.45, 7) is 4.02. The van der Waals surface area contributed by atoms with Gasteiger partial charge in [0.05, 0.1) is 14.2 Å². The van der Waals surface area contributed by atoms with Crippen molar-refractivity contribution in [2.24, 2.45) is 5.41 Å². The minimum atomic E-state index is -1.31. The second-order valence-electron chi connectivity index (χ2n) is 5.88. The van der Waals surface area contributed by atoms with Crippen LogP contribution in [0.5, 0.6) is 0 Å². The molecule has 0 spiro atoms. The Kier molecular flexibility index (Phi) is 4.69. The molecule has 1 aliphatic carbocycles. The van der Waals surface area contributed by atoms with Gasteiger partial charge in [0.25, 0.3) is 0 Å². The zero-order valence-electron chi connectivity index (χ0n) is 13.5. The van der Waals surface area contributed by atoms with E-state index in [0.29, 0.717) is 12.8 Å². The summed E-state index contributed by atoms with van der Waals surface area (Å²) in [6, 6.07) is 7.92. The fourth-order valence-corrected chi connectivity index (χ4v) is 3.16. The molecule has 0 aromatic heterocycles. The smallest absolute Gasteiger partial charge is 0.324 e. The van der Waals surface area contributed by atoms with E-state index in [4.69, 9.17) is 9.47 Å². The first-order chi connectivity index (χ1) is 10.5. The molecule has 1 aromatic carbocycles. The van der Waals surface area contributed by atoms with Gasteiger partial charge in [0.2, 0.25) is 0 Å². The zero-order chi connectivity index (χ0) is 16.3. The number of benzene rings is 1. The first-order valence-corrected chi connectivity index (χ1v) is 7.34. The predicted octanol–water partition coefficient (Wildman–Crippen LogP) is 3.15. The van der Waals surface area contributed by atoms with Crippen LogP contribution in [0, 0.1) is 12.3 Å². The highest BCUT2D eigenvalue weighted by atomic mass is 16.5. The summed E-state index contributed by atoms with van der Waals surface area (Å²) < 4.78 is 9.92. The number of allylic oxidation sites excluding steroid dienone is 2. The Balaban J connectivity index is 2.58. The number of rotatable bonds is 3. The fourth-order valence-electron chi connectivity index (χ4n) is 3.16. The molecule has 1 unspecified atom stereocenters. The van der Waals surface area contributed by atoms with E-state index in [2.05, 4.69) is 0 Å². The van der Waals surface area contributed by atoms with Crippen LogP contribution in [0.1, 0.15) is 36.8 Å². The summed E-state index contributed by atoms with van der Waals surface area (Å²) in [5.74, 6) is -1.35. The Morgan fingerprint density at radius 1 is 1.05 bits per heavy atom. The molecule has 1 aliphatic rings. The minimum Gasteiger partial charge on any atom is -0.468 e. The van der Waals surface area contributed by atoms with Crippen LogP contribution in [0.25, 0.3) is 0 Å². The van der Waals surface area contributed by atoms with Crippen molar-refractivity contribution in [1.82, 2.24) is 0 Å². The maximum absolute atomic E-state index is 12.5. The molecule has 4 nitrogen and oxygen atoms in total. The molecule has 0 fully saturated rings. The number of hydrogen-bond donors (Lipinski definition) is 0. The van der Waals surface area contributed by atoms with Gasteiger partial charge in [-0.15, -0.1) is 0 Å². The molecule has 2 rings (SSSR count). The fraction of sp³-hybridized carbons (Fsp3) is 0.444. The maximum atomic E-state index is 12.5. The molecule has 1 atom stereocenters. The number of methoxy groups -OCH3 is 2. The quantitative estimate of drug-likeness (QED) is 0.489. The highest BCUT2D eigenvalue weighted by Gasteiger charge is 2.55. The molecule has 0 saturated carbocycles. The molecule has 1 aromatic rings. The van der Waals surface area contributed by atoms with Gasteiger partial charge in [-0.25, -0.2) is 0 Å². The summed E-state index contributed by atoms with van der Waals surface area (Å²) in [5, 5.41) is 0. The van der Waals surface area contributed by atoms with Gasteiger partial charge in [-0.2, -0.15) is 0 Å². The lowest BCUT2D eigenvalue weighted by molar-refractivity contribution is -0.171. The molecule has 0 saturated heterocycles. The van der Waals surface area contributed by atoms with Crippen molar-refractivity contribution < 1.29 is 19.1 Å². The van der Waals surface area contributed by atoms with Gasteiger partial charge in [0.1, 0.15) is 0 Å². The molecule has 0 aliphatic heterocycles. The third-order valence-corrected chi connectivity index (χ3v) is 4.47. The molecule has 0 bridgehead atoms. The summed E-state index contributed by atoms with van der Waals surface area (Å²) in [6.07, 6.45) is 2.86. The Hall–Kier alpha value is -2.10. The summed E-state index contributed by atoms with van der Waals surface area (Å²) in [4.78, 5) is 25.0. The lowest BCUT2D eigenvalue weighted by atomic mass is 9.64. The molecule has 118 valence electrons. The highest BCUT2D eigenvalue weighted by molar-refractivity contribution is 6.01. The van der Waals surface area contributed by atoms with Gasteiger partial charge in [-0.3, -0.25) is 9.59 Å². The Morgan fingerprint density at radius 3 is 2.09 bits per heavy atom. The number of carbonyl (C=O) groups excluding carboxylic acids is 2. The van der Waals surface area contributed by atoms with Gasteiger partial charge < -0.3 is 9.47 Å². The van der Waals surface area contributed by atoms with E-state index in [9.17, 15) is 9.59 Å². The van der Waals surface area contributed by atoms with Crippen LogP contribution in [0.2, 0.25) is 0 Å². The van der Waals surface area contributed by atoms with Crippen LogP contribution >= 0.6 is 0 Å². The molecular weight excluding hydrogens is 280 g/mol. The van der Waals surface area contributed by atoms with Crippen molar-refractivity contribution in [2.45, 2.75) is 32.6 Å². The molecule has 0 radical (unpaired) electrons. The normalized spacial score (nSPS) is 20.0. The lowest BCUT2D eigenvalue weighted by Crippen LogP contribution is -2.47. The molecule has 0 heterocycles. The van der Waals surface area contributed by atoms with Gasteiger partial charge in [0.15, 0.2) is 5.41 Å². The van der Waals surface area contributed by atoms with Crippen LogP contribution in [0.3, 0.4) is 0 Å². The van der Waals surface area contributed by atoms with E-state index in [1.165, 1.54) is 14.2 Å². The van der Waals surface area contributed by atoms with E-state index in [1.807, 2.05) is 44.2 Å². The van der Waals surface area contributed by atoms with E-state index >= 15 is 0 Å². The van der Waals surface area contributed by atoms with E-state index in [-0.39, 0.29) is 5.92 Å². The van der Waals surface area contributed by atoms with E-state index in [0.717, 1.165) is 16.7 Å². The average Bonchev–Trinajstić information content (AvgIpc) is 2.54. The van der Waals surface area contributed by atoms with Crippen molar-refractivity contribution >= 4 is 11.9 Å². The van der Waals surface area contributed by atoms with E-state index < -0.39 is 17.4 Å². The van der Waals surface area contributed by atoms with Crippen LogP contribution in [-0.2, 0) is 19.1 Å². The largest absolute Gasteiger partial charge is 0.468 e. The van der Waals surface area contributed by atoms with Gasteiger partial charge in [0, 0.05) is 5.92 Å². The lowest BCUT2D eigenvalue weighted by Gasteiger charge is -2.38. The number of hydrogen-bond acceptors (Lipinski definition) is 4. The Morgan fingerprint density at radius 2 is 1.59 bits per heavy atom. The molecule has 4 heteroatoms. The van der Waals surface area contributed by atoms with Crippen molar-refractivity contribution in [3.8, 4) is 0 Å². The molecular formula is C18H22O4. The molecule has 22 heavy (non-hydrogen) atoms. The van der Waals surface area contributed by atoms with Crippen LogP contribution in [0.4, 0.5) is 0 Å². The second kappa shape index (κ2) is 6.34. The van der Waals surface area contributed by atoms with Crippen LogP contribution in [-0.4, -0.2) is 26.2 Å². The third kappa shape index (κ3) is 2.65. The number of carbonyl (C=O) groups is 2. The predicted molar refractivity (Wildman–Crippen MR) is 83.4 cm³/mol. The van der Waals surface area contributed by atoms with E-state index in [1.54, 1.807) is 0 Å². The maximum Gasteiger partial charge on any atom is 0.324 e. The highest BCUT2D eigenvalue weighted by Crippen LogP contribution is 2.48. The number of esters is 2. The van der Waals surface area contributed by atoms with Gasteiger partial charge >= 0.3 is 11.9 Å². The summed E-state index contributed by atoms with van der Waals surface area (Å²) in [7, 11) is 2.62. The van der Waals surface area contributed by atoms with Crippen LogP contribution < -0.4 is 0 Å². The molecule has 0 amide bonds. The SMILES string of the molecule is COC(=O)C1(C(=O)OC)CC=C(C)CC1c1ccc(C)cc1. The van der Waals surface area contributed by atoms with Gasteiger partial charge in [-0.05, 0) is 32.3 Å². The van der Waals surface area contributed by atoms with Crippen LogP contribution in [0.15, 0.2) is 35.9 Å². The van der Waals surface area contributed by atoms with Crippen molar-refractivity contribution in [2.75, 3.05) is 14.2 Å². The second-order valence-corrected chi connectivity index (χ2v) is 5.88. The first-order valence-electron chi connectivity index (χ1n) is 7.34. The Bertz CT molecular complexity index is 582. The number of aryl methyl sites for hydroxylation is 1. The Labute approximate surface area is 131 Å². The molecule has 0 N–H and O–H groups in total. The standard InChI is InChI=1S/C18H22O4/c1-12-5-7-14(8-6-12)15-11-13(2)9-10-18(15,16(19)21-3)17(20)22-4/h5-9,15H,10-11H2,1-4H3. The minimum absolute atomic E-state index is 0.280.